The molecule has 10 heteroatoms. The fourth-order valence-corrected chi connectivity index (χ4v) is 5.75. The zero-order valence-corrected chi connectivity index (χ0v) is 30.0. The standard InChI is InChI=1S/C42H23N5O3.2Pd/c1-3-18-43-38(11-1)28-7-5-9-32(21-28)49-34-13-15-36-37-16-14-35(50-33-10-6-8-29(22-33)39-12-2-4-19-44-39)24-41(37)47(40(36)23-34)42-45-25-31(26-46-42)30-17-20-48-27-30;;/h1-20,25-27H;;/q-4;2*+2. The van der Waals surface area contributed by atoms with Gasteiger partial charge in [0.2, 0.25) is 5.95 Å². The van der Waals surface area contributed by atoms with Gasteiger partial charge >= 0.3 is 40.8 Å². The topological polar surface area (TPSA) is 88.1 Å². The Labute approximate surface area is 326 Å². The number of pyridine rings is 2. The van der Waals surface area contributed by atoms with Crippen molar-refractivity contribution in [2.45, 2.75) is 0 Å². The Morgan fingerprint density at radius 3 is 1.52 bits per heavy atom. The van der Waals surface area contributed by atoms with Crippen LogP contribution in [0.1, 0.15) is 0 Å². The first-order valence-electron chi connectivity index (χ1n) is 15.8. The fraction of sp³-hybridized carbons (Fsp3) is 0. The van der Waals surface area contributed by atoms with E-state index in [1.165, 1.54) is 0 Å². The van der Waals surface area contributed by atoms with Gasteiger partial charge in [-0.25, -0.2) is 9.97 Å². The van der Waals surface area contributed by atoms with E-state index in [-0.39, 0.29) is 40.8 Å². The average Bonchev–Trinajstić information content (AvgIpc) is 3.83. The molecule has 0 spiro atoms. The van der Waals surface area contributed by atoms with Crippen LogP contribution < -0.4 is 9.47 Å². The van der Waals surface area contributed by atoms with Crippen LogP contribution in [0.25, 0.3) is 61.4 Å². The van der Waals surface area contributed by atoms with Crippen molar-refractivity contribution in [1.82, 2.24) is 24.5 Å². The fourth-order valence-electron chi connectivity index (χ4n) is 5.75. The summed E-state index contributed by atoms with van der Waals surface area (Å²) in [5.41, 5.74) is 6.42. The molecule has 0 N–H and O–H groups in total. The number of ether oxygens (including phenoxy) is 2. The van der Waals surface area contributed by atoms with Gasteiger partial charge in [-0.15, -0.1) is 71.8 Å². The van der Waals surface area contributed by atoms with Gasteiger partial charge in [0.05, 0.1) is 12.5 Å². The molecule has 0 unspecified atom stereocenters. The van der Waals surface area contributed by atoms with E-state index in [9.17, 15) is 0 Å². The zero-order valence-electron chi connectivity index (χ0n) is 26.9. The van der Waals surface area contributed by atoms with Crippen LogP contribution in [0.3, 0.4) is 0 Å². The first-order chi connectivity index (χ1) is 24.7. The summed E-state index contributed by atoms with van der Waals surface area (Å²) < 4.78 is 19.8. The number of fused-ring (bicyclic) bond motifs is 3. The Balaban J connectivity index is 0.00000210. The Hall–Kier alpha value is -5.74. The third-order valence-corrected chi connectivity index (χ3v) is 8.08. The largest absolute Gasteiger partial charge is 2.00 e. The maximum atomic E-state index is 6.31. The molecule has 0 aliphatic rings. The molecular weight excluding hydrogens is 835 g/mol. The van der Waals surface area contributed by atoms with Crippen LogP contribution in [0, 0.1) is 24.3 Å². The van der Waals surface area contributed by atoms with E-state index in [2.05, 4.69) is 34.2 Å². The quantitative estimate of drug-likeness (QED) is 0.111. The van der Waals surface area contributed by atoms with Crippen molar-refractivity contribution in [2.24, 2.45) is 0 Å². The molecule has 0 amide bonds. The van der Waals surface area contributed by atoms with E-state index < -0.39 is 0 Å². The van der Waals surface area contributed by atoms with E-state index in [0.29, 0.717) is 40.0 Å². The first-order valence-corrected chi connectivity index (χ1v) is 15.8. The predicted molar refractivity (Wildman–Crippen MR) is 189 cm³/mol. The Morgan fingerprint density at radius 2 is 1.04 bits per heavy atom. The molecule has 5 aromatic heterocycles. The summed E-state index contributed by atoms with van der Waals surface area (Å²) in [7, 11) is 0. The summed E-state index contributed by atoms with van der Waals surface area (Å²) in [6, 6.07) is 46.2. The molecule has 0 fully saturated rings. The molecule has 0 aliphatic heterocycles. The molecule has 8 nitrogen and oxygen atoms in total. The molecule has 4 aromatic carbocycles. The molecule has 5 heterocycles. The number of rotatable bonds is 8. The summed E-state index contributed by atoms with van der Waals surface area (Å²) in [5.74, 6) is 2.52. The van der Waals surface area contributed by atoms with Crippen LogP contribution in [0.15, 0.2) is 145 Å². The maximum Gasteiger partial charge on any atom is 2.00 e. The second-order valence-electron chi connectivity index (χ2n) is 11.3. The van der Waals surface area contributed by atoms with Crippen LogP contribution in [0.5, 0.6) is 23.0 Å². The van der Waals surface area contributed by atoms with Crippen LogP contribution >= 0.6 is 0 Å². The van der Waals surface area contributed by atoms with Gasteiger partial charge in [0, 0.05) is 58.9 Å². The summed E-state index contributed by atoms with van der Waals surface area (Å²) in [5, 5.41) is 1.85. The number of benzene rings is 4. The second-order valence-corrected chi connectivity index (χ2v) is 11.3. The Bertz CT molecular complexity index is 2450. The van der Waals surface area contributed by atoms with Gasteiger partial charge in [-0.1, -0.05) is 47.4 Å². The van der Waals surface area contributed by atoms with Crippen LogP contribution in [-0.4, -0.2) is 24.5 Å². The van der Waals surface area contributed by atoms with Crippen molar-refractivity contribution < 1.29 is 54.7 Å². The van der Waals surface area contributed by atoms with Gasteiger partial charge in [-0.3, -0.25) is 0 Å². The monoisotopic (exact) mass is 857 g/mol. The minimum absolute atomic E-state index is 0. The molecule has 254 valence electrons. The average molecular weight is 859 g/mol. The molecule has 0 saturated carbocycles. The number of furan rings is 1. The molecule has 0 radical (unpaired) electrons. The summed E-state index contributed by atoms with van der Waals surface area (Å²) in [6.45, 7) is 0. The van der Waals surface area contributed by atoms with E-state index in [1.807, 2.05) is 108 Å². The van der Waals surface area contributed by atoms with Gasteiger partial charge in [-0.05, 0) is 29.6 Å². The number of aromatic nitrogens is 5. The van der Waals surface area contributed by atoms with E-state index in [4.69, 9.17) is 23.9 Å². The molecule has 9 rings (SSSR count). The zero-order chi connectivity index (χ0) is 33.3. The van der Waals surface area contributed by atoms with Crippen molar-refractivity contribution in [1.29, 1.82) is 0 Å². The Morgan fingerprint density at radius 1 is 0.500 bits per heavy atom. The number of nitrogens with zero attached hydrogens (tertiary/aromatic N) is 5. The van der Waals surface area contributed by atoms with Gasteiger partial charge in [0.15, 0.2) is 0 Å². The Kier molecular flexibility index (Phi) is 10.2. The minimum Gasteiger partial charge on any atom is -0.503 e. The SMILES string of the molecule is [Pd+2].[Pd+2].[c-]1c(Oc2[c-]c3c(cc2)c2ccc(Oc4[c-]c(-c5ccccn5)ccc4)[c-]c2n3-c2ncc(-c3ccoc3)cn2)cccc1-c1ccccn1. The normalized spacial score (nSPS) is 10.8. The van der Waals surface area contributed by atoms with Crippen LogP contribution in [0.2, 0.25) is 0 Å². The number of hydrogen-bond acceptors (Lipinski definition) is 7. The maximum absolute atomic E-state index is 6.31. The minimum atomic E-state index is 0. The number of hydrogen-bond donors (Lipinski definition) is 0. The van der Waals surface area contributed by atoms with Crippen molar-refractivity contribution in [2.75, 3.05) is 0 Å². The van der Waals surface area contributed by atoms with Gasteiger partial charge < -0.3 is 28.4 Å². The van der Waals surface area contributed by atoms with Crippen LogP contribution in [-0.2, 0) is 40.8 Å². The van der Waals surface area contributed by atoms with Crippen LogP contribution in [0.4, 0.5) is 0 Å². The van der Waals surface area contributed by atoms with E-state index >= 15 is 0 Å². The molecule has 0 aliphatic carbocycles. The molecule has 0 atom stereocenters. The summed E-state index contributed by atoms with van der Waals surface area (Å²) in [6.07, 6.45) is 10.3. The summed E-state index contributed by atoms with van der Waals surface area (Å²) >= 11 is 0. The van der Waals surface area contributed by atoms with Crippen molar-refractivity contribution in [3.05, 3.63) is 165 Å². The molecular formula is C42H23N5O3Pd2. The molecule has 0 saturated heterocycles. The van der Waals surface area contributed by atoms with Crippen molar-refractivity contribution in [3.8, 4) is 62.6 Å². The van der Waals surface area contributed by atoms with E-state index in [0.717, 1.165) is 44.4 Å². The predicted octanol–water partition coefficient (Wildman–Crippen LogP) is 9.74. The molecule has 0 bridgehead atoms. The van der Waals surface area contributed by atoms with Gasteiger partial charge in [-0.2, -0.15) is 22.9 Å². The van der Waals surface area contributed by atoms with Gasteiger partial charge in [0.1, 0.15) is 0 Å². The summed E-state index contributed by atoms with van der Waals surface area (Å²) in [4.78, 5) is 18.4. The van der Waals surface area contributed by atoms with Gasteiger partial charge in [0.25, 0.3) is 0 Å². The third kappa shape index (κ3) is 6.94. The van der Waals surface area contributed by atoms with Crippen molar-refractivity contribution >= 4 is 21.8 Å². The van der Waals surface area contributed by atoms with Crippen molar-refractivity contribution in [3.63, 3.8) is 0 Å². The molecule has 52 heavy (non-hydrogen) atoms. The molecule has 9 aromatic rings. The smallest absolute Gasteiger partial charge is 0.503 e. The third-order valence-electron chi connectivity index (χ3n) is 8.08. The first kappa shape index (κ1) is 34.7. The second kappa shape index (κ2) is 15.2. The van der Waals surface area contributed by atoms with E-state index in [1.54, 1.807) is 37.3 Å².